The molecule has 0 heterocycles. The molecule has 0 saturated carbocycles. The molecule has 2 atom stereocenters. The van der Waals surface area contributed by atoms with Crippen LogP contribution in [-0.4, -0.2) is 50.0 Å². The van der Waals surface area contributed by atoms with Gasteiger partial charge in [0.1, 0.15) is 12.6 Å². The lowest BCUT2D eigenvalue weighted by Gasteiger charge is -2.32. The van der Waals surface area contributed by atoms with Gasteiger partial charge in [-0.1, -0.05) is 42.3 Å². The Morgan fingerprint density at radius 2 is 1.48 bits per heavy atom. The highest BCUT2D eigenvalue weighted by molar-refractivity contribution is 7.92. The maximum absolute atomic E-state index is 13.4. The first kappa shape index (κ1) is 27.0. The number of carbonyl (C=O) groups excluding carboxylic acids is 2. The zero-order valence-electron chi connectivity index (χ0n) is 19.1. The van der Waals surface area contributed by atoms with E-state index in [0.717, 1.165) is 22.5 Å². The fourth-order valence-electron chi connectivity index (χ4n) is 3.06. The first-order chi connectivity index (χ1) is 15.4. The van der Waals surface area contributed by atoms with Crippen LogP contribution in [0.3, 0.4) is 0 Å². The lowest BCUT2D eigenvalue weighted by Crippen LogP contribution is -2.52. The van der Waals surface area contributed by atoms with Gasteiger partial charge in [0.25, 0.3) is 0 Å². The number of benzene rings is 2. The number of rotatable bonds is 10. The van der Waals surface area contributed by atoms with Crippen LogP contribution in [0.2, 0.25) is 10.0 Å². The zero-order valence-corrected chi connectivity index (χ0v) is 21.4. The molecule has 1 N–H and O–H groups in total. The number of hydrogen-bond acceptors (Lipinski definition) is 4. The quantitative estimate of drug-likeness (QED) is 0.518. The minimum Gasteiger partial charge on any atom is -0.352 e. The van der Waals surface area contributed by atoms with E-state index in [4.69, 9.17) is 23.2 Å². The molecule has 0 aromatic heterocycles. The number of hydrogen-bond donors (Lipinski definition) is 1. The van der Waals surface area contributed by atoms with Crippen LogP contribution in [0.4, 0.5) is 5.69 Å². The summed E-state index contributed by atoms with van der Waals surface area (Å²) in [4.78, 5) is 27.6. The maximum Gasteiger partial charge on any atom is 0.244 e. The van der Waals surface area contributed by atoms with Crippen LogP contribution < -0.4 is 9.62 Å². The second-order valence-corrected chi connectivity index (χ2v) is 10.7. The Morgan fingerprint density at radius 3 is 1.97 bits per heavy atom. The summed E-state index contributed by atoms with van der Waals surface area (Å²) in [6.07, 6.45) is 1.76. The summed E-state index contributed by atoms with van der Waals surface area (Å²) in [5.74, 6) is -0.832. The van der Waals surface area contributed by atoms with Crippen molar-refractivity contribution < 1.29 is 18.0 Å². The summed E-state index contributed by atoms with van der Waals surface area (Å²) in [6, 6.07) is 12.2. The molecule has 0 saturated heterocycles. The molecule has 180 valence electrons. The van der Waals surface area contributed by atoms with Crippen molar-refractivity contribution in [1.82, 2.24) is 10.2 Å². The molecule has 0 bridgehead atoms. The van der Waals surface area contributed by atoms with E-state index in [-0.39, 0.29) is 18.5 Å². The van der Waals surface area contributed by atoms with E-state index >= 15 is 0 Å². The molecule has 0 unspecified atom stereocenters. The van der Waals surface area contributed by atoms with Gasteiger partial charge < -0.3 is 10.2 Å². The summed E-state index contributed by atoms with van der Waals surface area (Å²) in [5.41, 5.74) is 1.06. The minimum atomic E-state index is -3.78. The Labute approximate surface area is 205 Å². The van der Waals surface area contributed by atoms with Crippen molar-refractivity contribution in [3.05, 3.63) is 64.1 Å². The summed E-state index contributed by atoms with van der Waals surface area (Å²) < 4.78 is 26.0. The molecule has 2 amide bonds. The second kappa shape index (κ2) is 11.7. The van der Waals surface area contributed by atoms with Gasteiger partial charge in [-0.25, -0.2) is 8.42 Å². The SMILES string of the molecule is CC[C@H](C)NC(=O)[C@H](C)N(Cc1ccc(Cl)cc1)C(=O)CN(c1ccc(Cl)cc1)S(C)(=O)=O. The van der Waals surface area contributed by atoms with Gasteiger partial charge in [0.2, 0.25) is 21.8 Å². The third-order valence-corrected chi connectivity index (χ3v) is 6.87. The Morgan fingerprint density at radius 1 is 0.970 bits per heavy atom. The number of carbonyl (C=O) groups is 2. The van der Waals surface area contributed by atoms with Gasteiger partial charge in [0.05, 0.1) is 11.9 Å². The van der Waals surface area contributed by atoms with Gasteiger partial charge in [-0.2, -0.15) is 0 Å². The Bertz CT molecular complexity index is 1060. The van der Waals surface area contributed by atoms with Crippen molar-refractivity contribution in [1.29, 1.82) is 0 Å². The number of nitrogens with zero attached hydrogens (tertiary/aromatic N) is 2. The van der Waals surface area contributed by atoms with E-state index in [9.17, 15) is 18.0 Å². The number of amides is 2. The van der Waals surface area contributed by atoms with E-state index in [1.54, 1.807) is 43.3 Å². The standard InChI is InChI=1S/C23H29Cl2N3O4S/c1-5-16(2)26-23(30)17(3)27(14-18-6-8-19(24)9-7-18)22(29)15-28(33(4,31)32)21-12-10-20(25)11-13-21/h6-13,16-17H,5,14-15H2,1-4H3,(H,26,30)/t16-,17-/m0/s1. The van der Waals surface area contributed by atoms with E-state index in [1.807, 2.05) is 13.8 Å². The molecular weight excluding hydrogens is 485 g/mol. The average Bonchev–Trinajstić information content (AvgIpc) is 2.76. The van der Waals surface area contributed by atoms with Gasteiger partial charge in [0, 0.05) is 22.6 Å². The number of sulfonamides is 1. The predicted molar refractivity (Wildman–Crippen MR) is 133 cm³/mol. The molecule has 0 radical (unpaired) electrons. The molecule has 0 aliphatic rings. The highest BCUT2D eigenvalue weighted by Gasteiger charge is 2.30. The van der Waals surface area contributed by atoms with Gasteiger partial charge in [-0.15, -0.1) is 0 Å². The normalized spacial score (nSPS) is 13.2. The molecule has 10 heteroatoms. The third-order valence-electron chi connectivity index (χ3n) is 5.23. The smallest absolute Gasteiger partial charge is 0.244 e. The van der Waals surface area contributed by atoms with Crippen molar-refractivity contribution in [2.75, 3.05) is 17.1 Å². The Balaban J connectivity index is 2.36. The van der Waals surface area contributed by atoms with Crippen LogP contribution >= 0.6 is 23.2 Å². The summed E-state index contributed by atoms with van der Waals surface area (Å²) in [7, 11) is -3.78. The van der Waals surface area contributed by atoms with E-state index in [1.165, 1.54) is 17.0 Å². The number of nitrogens with one attached hydrogen (secondary N) is 1. The van der Waals surface area contributed by atoms with Crippen molar-refractivity contribution in [3.8, 4) is 0 Å². The number of halogens is 2. The minimum absolute atomic E-state index is 0.0611. The molecular formula is C23H29Cl2N3O4S. The van der Waals surface area contributed by atoms with Crippen LogP contribution in [0.5, 0.6) is 0 Å². The molecule has 33 heavy (non-hydrogen) atoms. The Kier molecular flexibility index (Phi) is 9.57. The molecule has 2 rings (SSSR count). The van der Waals surface area contributed by atoms with Crippen molar-refractivity contribution in [2.24, 2.45) is 0 Å². The van der Waals surface area contributed by atoms with Crippen LogP contribution in [0.25, 0.3) is 0 Å². The zero-order chi connectivity index (χ0) is 24.8. The van der Waals surface area contributed by atoms with E-state index in [0.29, 0.717) is 15.7 Å². The van der Waals surface area contributed by atoms with Gasteiger partial charge in [-0.05, 0) is 62.2 Å². The monoisotopic (exact) mass is 513 g/mol. The highest BCUT2D eigenvalue weighted by atomic mass is 35.5. The van der Waals surface area contributed by atoms with E-state index in [2.05, 4.69) is 5.32 Å². The third kappa shape index (κ3) is 7.91. The van der Waals surface area contributed by atoms with Gasteiger partial charge in [0.15, 0.2) is 0 Å². The molecule has 0 spiro atoms. The van der Waals surface area contributed by atoms with Crippen LogP contribution in [0.15, 0.2) is 48.5 Å². The fourth-order valence-corrected chi connectivity index (χ4v) is 4.16. The maximum atomic E-state index is 13.4. The lowest BCUT2D eigenvalue weighted by molar-refractivity contribution is -0.139. The largest absolute Gasteiger partial charge is 0.352 e. The van der Waals surface area contributed by atoms with Gasteiger partial charge in [-0.3, -0.25) is 13.9 Å². The summed E-state index contributed by atoms with van der Waals surface area (Å²) in [5, 5.41) is 3.87. The summed E-state index contributed by atoms with van der Waals surface area (Å²) in [6.45, 7) is 5.10. The predicted octanol–water partition coefficient (Wildman–Crippen LogP) is 4.09. The van der Waals surface area contributed by atoms with Crippen molar-refractivity contribution >= 4 is 50.7 Å². The lowest BCUT2D eigenvalue weighted by atomic mass is 10.1. The van der Waals surface area contributed by atoms with Crippen LogP contribution in [0, 0.1) is 0 Å². The number of anilines is 1. The molecule has 0 aliphatic carbocycles. The molecule has 2 aromatic carbocycles. The first-order valence-corrected chi connectivity index (χ1v) is 13.1. The highest BCUT2D eigenvalue weighted by Crippen LogP contribution is 2.21. The average molecular weight is 514 g/mol. The van der Waals surface area contributed by atoms with Crippen LogP contribution in [-0.2, 0) is 26.2 Å². The molecule has 7 nitrogen and oxygen atoms in total. The topological polar surface area (TPSA) is 86.8 Å². The van der Waals surface area contributed by atoms with Crippen LogP contribution in [0.1, 0.15) is 32.8 Å². The fraction of sp³-hybridized carbons (Fsp3) is 0.391. The van der Waals surface area contributed by atoms with Crippen molar-refractivity contribution in [2.45, 2.75) is 45.8 Å². The Hall–Kier alpha value is -2.29. The second-order valence-electron chi connectivity index (χ2n) is 7.89. The van der Waals surface area contributed by atoms with Gasteiger partial charge >= 0.3 is 0 Å². The van der Waals surface area contributed by atoms with E-state index < -0.39 is 28.5 Å². The molecule has 0 fully saturated rings. The molecule has 0 aliphatic heterocycles. The summed E-state index contributed by atoms with van der Waals surface area (Å²) >= 11 is 11.9. The van der Waals surface area contributed by atoms with Crippen molar-refractivity contribution in [3.63, 3.8) is 0 Å². The first-order valence-electron chi connectivity index (χ1n) is 10.5. The molecule has 2 aromatic rings.